The third-order valence-corrected chi connectivity index (χ3v) is 7.28. The van der Waals surface area contributed by atoms with E-state index in [2.05, 4.69) is 36.5 Å². The smallest absolute Gasteiger partial charge is 0.407 e. The molecule has 3 atom stereocenters. The Labute approximate surface area is 206 Å². The second kappa shape index (κ2) is 10.9. The third kappa shape index (κ3) is 5.50. The molecule has 1 aliphatic heterocycles. The lowest BCUT2D eigenvalue weighted by Crippen LogP contribution is -2.41. The number of amides is 2. The van der Waals surface area contributed by atoms with Crippen LogP contribution in [0, 0.1) is 11.8 Å². The fourth-order valence-electron chi connectivity index (χ4n) is 5.31. The number of alkyl carbamates (subject to hydrolysis) is 1. The molecule has 1 fully saturated rings. The van der Waals surface area contributed by atoms with Crippen LogP contribution in [0.5, 0.6) is 0 Å². The molecule has 2 aliphatic rings. The lowest BCUT2D eigenvalue weighted by atomic mass is 9.98. The second-order valence-corrected chi connectivity index (χ2v) is 9.73. The van der Waals surface area contributed by atoms with Crippen LogP contribution in [0.1, 0.15) is 56.6 Å². The summed E-state index contributed by atoms with van der Waals surface area (Å²) in [6.45, 7) is 4.79. The summed E-state index contributed by atoms with van der Waals surface area (Å²) >= 11 is 0. The first kappa shape index (κ1) is 24.8. The minimum Gasteiger partial charge on any atom is -0.481 e. The minimum atomic E-state index is -0.868. The van der Waals surface area contributed by atoms with Gasteiger partial charge in [0, 0.05) is 31.5 Å². The van der Waals surface area contributed by atoms with Crippen LogP contribution in [-0.4, -0.2) is 53.7 Å². The van der Waals surface area contributed by atoms with Crippen LogP contribution in [0.2, 0.25) is 0 Å². The molecule has 0 radical (unpaired) electrons. The van der Waals surface area contributed by atoms with Crippen LogP contribution in [-0.2, 0) is 14.3 Å². The highest BCUT2D eigenvalue weighted by Crippen LogP contribution is 2.44. The first-order chi connectivity index (χ1) is 16.9. The molecule has 0 spiro atoms. The van der Waals surface area contributed by atoms with Gasteiger partial charge in [-0.3, -0.25) is 9.59 Å². The van der Waals surface area contributed by atoms with E-state index in [4.69, 9.17) is 4.74 Å². The molecule has 35 heavy (non-hydrogen) atoms. The zero-order chi connectivity index (χ0) is 24.9. The first-order valence-corrected chi connectivity index (χ1v) is 12.5. The molecular weight excluding hydrogens is 444 g/mol. The number of fused-ring (bicyclic) bond motifs is 3. The summed E-state index contributed by atoms with van der Waals surface area (Å²) in [7, 11) is 0. The molecular formula is C28H34N2O5. The van der Waals surface area contributed by atoms with E-state index in [0.717, 1.165) is 24.0 Å². The van der Waals surface area contributed by atoms with Gasteiger partial charge >= 0.3 is 12.1 Å². The monoisotopic (exact) mass is 478 g/mol. The fraction of sp³-hybridized carbons (Fsp3) is 0.464. The Bertz CT molecular complexity index is 1040. The molecule has 2 aromatic rings. The number of carboxylic acid groups (broad SMARTS) is 1. The Balaban J connectivity index is 1.36. The molecule has 4 rings (SSSR count). The topological polar surface area (TPSA) is 95.9 Å². The lowest BCUT2D eigenvalue weighted by Gasteiger charge is -2.23. The quantitative estimate of drug-likeness (QED) is 0.547. The molecule has 0 bridgehead atoms. The number of benzene rings is 2. The number of rotatable bonds is 9. The molecule has 2 N–H and O–H groups in total. The van der Waals surface area contributed by atoms with Crippen molar-refractivity contribution in [2.24, 2.45) is 11.8 Å². The van der Waals surface area contributed by atoms with Crippen molar-refractivity contribution in [1.29, 1.82) is 0 Å². The van der Waals surface area contributed by atoms with E-state index >= 15 is 0 Å². The number of likely N-dealkylation sites (tertiary alicyclic amines) is 1. The molecule has 0 aromatic heterocycles. The van der Waals surface area contributed by atoms with Crippen molar-refractivity contribution in [3.05, 3.63) is 59.7 Å². The number of carboxylic acids is 1. The van der Waals surface area contributed by atoms with E-state index in [9.17, 15) is 19.5 Å². The summed E-state index contributed by atoms with van der Waals surface area (Å²) in [5.41, 5.74) is 4.64. The maximum absolute atomic E-state index is 12.9. The summed E-state index contributed by atoms with van der Waals surface area (Å²) in [6, 6.07) is 16.0. The third-order valence-electron chi connectivity index (χ3n) is 7.28. The molecule has 1 aliphatic carbocycles. The van der Waals surface area contributed by atoms with E-state index in [-0.39, 0.29) is 43.4 Å². The van der Waals surface area contributed by atoms with Crippen molar-refractivity contribution >= 4 is 18.0 Å². The molecule has 1 heterocycles. The number of hydrogen-bond donors (Lipinski definition) is 2. The van der Waals surface area contributed by atoms with Gasteiger partial charge in [0.1, 0.15) is 6.61 Å². The Kier molecular flexibility index (Phi) is 7.73. The minimum absolute atomic E-state index is 0.0251. The van der Waals surface area contributed by atoms with Crippen LogP contribution in [0.15, 0.2) is 48.5 Å². The van der Waals surface area contributed by atoms with Crippen molar-refractivity contribution in [1.82, 2.24) is 10.2 Å². The van der Waals surface area contributed by atoms with Crippen molar-refractivity contribution in [3.63, 3.8) is 0 Å². The van der Waals surface area contributed by atoms with E-state index in [1.807, 2.05) is 31.2 Å². The van der Waals surface area contributed by atoms with Crippen molar-refractivity contribution in [2.45, 2.75) is 51.5 Å². The summed E-state index contributed by atoms with van der Waals surface area (Å²) in [4.78, 5) is 38.7. The Hall–Kier alpha value is -3.35. The van der Waals surface area contributed by atoms with Crippen LogP contribution in [0.4, 0.5) is 4.79 Å². The molecule has 7 heteroatoms. The van der Waals surface area contributed by atoms with Crippen molar-refractivity contribution in [2.75, 3.05) is 19.7 Å². The maximum Gasteiger partial charge on any atom is 0.407 e. The van der Waals surface area contributed by atoms with Gasteiger partial charge in [-0.1, -0.05) is 75.2 Å². The molecule has 1 saturated heterocycles. The van der Waals surface area contributed by atoms with E-state index in [0.29, 0.717) is 13.0 Å². The molecule has 186 valence electrons. The number of carbonyl (C=O) groups excluding carboxylic acids is 2. The number of nitrogens with one attached hydrogen (secondary N) is 1. The van der Waals surface area contributed by atoms with Gasteiger partial charge in [-0.25, -0.2) is 4.79 Å². The van der Waals surface area contributed by atoms with Gasteiger partial charge in [0.15, 0.2) is 0 Å². The van der Waals surface area contributed by atoms with Crippen LogP contribution >= 0.6 is 0 Å². The largest absolute Gasteiger partial charge is 0.481 e. The summed E-state index contributed by atoms with van der Waals surface area (Å²) < 4.78 is 5.67. The van der Waals surface area contributed by atoms with Gasteiger partial charge in [0.25, 0.3) is 0 Å². The van der Waals surface area contributed by atoms with E-state index in [1.54, 1.807) is 4.90 Å². The zero-order valence-corrected chi connectivity index (χ0v) is 20.4. The summed E-state index contributed by atoms with van der Waals surface area (Å²) in [5.74, 6) is -1.64. The highest BCUT2D eigenvalue weighted by atomic mass is 16.5. The normalized spacial score (nSPS) is 19.7. The highest BCUT2D eigenvalue weighted by molar-refractivity contribution is 5.81. The SMILES string of the molecule is CCCCC(CC(=O)N1C[C@H](C(=O)O)[C@@H](C)C1)NC(=O)OCC1c2ccccc2-c2ccccc21. The van der Waals surface area contributed by atoms with Crippen LogP contribution in [0.25, 0.3) is 11.1 Å². The molecule has 7 nitrogen and oxygen atoms in total. The van der Waals surface area contributed by atoms with E-state index < -0.39 is 18.0 Å². The van der Waals surface area contributed by atoms with Crippen molar-refractivity contribution < 1.29 is 24.2 Å². The number of carbonyl (C=O) groups is 3. The Morgan fingerprint density at radius 3 is 2.26 bits per heavy atom. The highest BCUT2D eigenvalue weighted by Gasteiger charge is 2.37. The standard InChI is InChI=1S/C28H34N2O5/c1-3-4-9-19(14-26(31)30-15-18(2)24(16-30)27(32)33)29-28(34)35-17-25-22-12-7-5-10-20(22)21-11-6-8-13-23(21)25/h5-8,10-13,18-19,24-25H,3-4,9,14-17H2,1-2H3,(H,29,34)(H,32,33)/t18-,19?,24-/m0/s1. The van der Waals surface area contributed by atoms with Gasteiger partial charge < -0.3 is 20.1 Å². The predicted molar refractivity (Wildman–Crippen MR) is 133 cm³/mol. The number of aliphatic carboxylic acids is 1. The fourth-order valence-corrected chi connectivity index (χ4v) is 5.31. The van der Waals surface area contributed by atoms with Gasteiger partial charge in [-0.05, 0) is 34.6 Å². The number of nitrogens with zero attached hydrogens (tertiary/aromatic N) is 1. The molecule has 2 aromatic carbocycles. The Morgan fingerprint density at radius 1 is 1.06 bits per heavy atom. The molecule has 0 saturated carbocycles. The van der Waals surface area contributed by atoms with Gasteiger partial charge in [0.2, 0.25) is 5.91 Å². The first-order valence-electron chi connectivity index (χ1n) is 12.5. The molecule has 1 unspecified atom stereocenters. The van der Waals surface area contributed by atoms with Crippen LogP contribution < -0.4 is 5.32 Å². The van der Waals surface area contributed by atoms with E-state index in [1.165, 1.54) is 11.1 Å². The Morgan fingerprint density at radius 2 is 1.69 bits per heavy atom. The van der Waals surface area contributed by atoms with Gasteiger partial charge in [0.05, 0.1) is 5.92 Å². The maximum atomic E-state index is 12.9. The number of unbranched alkanes of at least 4 members (excludes halogenated alkanes) is 1. The second-order valence-electron chi connectivity index (χ2n) is 9.73. The van der Waals surface area contributed by atoms with Gasteiger partial charge in [-0.2, -0.15) is 0 Å². The summed E-state index contributed by atoms with van der Waals surface area (Å²) in [5, 5.41) is 12.3. The lowest BCUT2D eigenvalue weighted by molar-refractivity contribution is -0.142. The van der Waals surface area contributed by atoms with Gasteiger partial charge in [-0.15, -0.1) is 0 Å². The van der Waals surface area contributed by atoms with Crippen LogP contribution in [0.3, 0.4) is 0 Å². The predicted octanol–water partition coefficient (Wildman–Crippen LogP) is 4.65. The average molecular weight is 479 g/mol. The zero-order valence-electron chi connectivity index (χ0n) is 20.4. The average Bonchev–Trinajstić information content (AvgIpc) is 3.39. The summed E-state index contributed by atoms with van der Waals surface area (Å²) in [6.07, 6.45) is 2.09. The molecule has 2 amide bonds. The number of hydrogen-bond acceptors (Lipinski definition) is 4. The number of ether oxygens (including phenoxy) is 1. The van der Waals surface area contributed by atoms with Crippen molar-refractivity contribution in [3.8, 4) is 11.1 Å².